The van der Waals surface area contributed by atoms with Crippen molar-refractivity contribution in [2.45, 2.75) is 37.2 Å². The highest BCUT2D eigenvalue weighted by molar-refractivity contribution is 7.80. The van der Waals surface area contributed by atoms with Crippen LogP contribution >= 0.6 is 12.2 Å². The number of nitrogens with zero attached hydrogens (tertiary/aromatic N) is 2. The molecule has 0 unspecified atom stereocenters. The van der Waals surface area contributed by atoms with Gasteiger partial charge in [0, 0.05) is 31.8 Å². The average molecular weight is 355 g/mol. The predicted molar refractivity (Wildman–Crippen MR) is 99.5 cm³/mol. The standard InChI is InChI=1S/C19H21N3O2S/c1-20-18(25)19(15-5-4-10-22-13-15)9-3-2-6-16(19)24-17(23)14-7-11-21-12-8-14/h4-5,7-8,10-13,16H,2-3,6,9H2,1H3,(H,20,25)/t16-,19+/m1/s1. The molecule has 6 heteroatoms. The number of carbonyl (C=O) groups is 1. The van der Waals surface area contributed by atoms with Gasteiger partial charge in [-0.3, -0.25) is 9.97 Å². The molecule has 1 aliphatic rings. The molecule has 0 spiro atoms. The summed E-state index contributed by atoms with van der Waals surface area (Å²) in [6.45, 7) is 0. The summed E-state index contributed by atoms with van der Waals surface area (Å²) in [6.07, 6.45) is 10.0. The smallest absolute Gasteiger partial charge is 0.338 e. The van der Waals surface area contributed by atoms with E-state index in [4.69, 9.17) is 17.0 Å². The summed E-state index contributed by atoms with van der Waals surface area (Å²) in [6, 6.07) is 7.22. The summed E-state index contributed by atoms with van der Waals surface area (Å²) in [4.78, 5) is 21.5. The van der Waals surface area contributed by atoms with Gasteiger partial charge >= 0.3 is 5.97 Å². The van der Waals surface area contributed by atoms with Crippen LogP contribution in [0.4, 0.5) is 0 Å². The third-order valence-electron chi connectivity index (χ3n) is 4.81. The monoisotopic (exact) mass is 355 g/mol. The summed E-state index contributed by atoms with van der Waals surface area (Å²) in [5, 5.41) is 3.12. The molecule has 0 bridgehead atoms. The Hall–Kier alpha value is -2.34. The fourth-order valence-electron chi connectivity index (χ4n) is 3.56. The van der Waals surface area contributed by atoms with E-state index in [1.807, 2.05) is 25.4 Å². The minimum atomic E-state index is -0.542. The van der Waals surface area contributed by atoms with E-state index in [-0.39, 0.29) is 12.1 Å². The maximum atomic E-state index is 12.6. The average Bonchev–Trinajstić information content (AvgIpc) is 2.69. The molecule has 3 rings (SSSR count). The molecule has 2 aromatic heterocycles. The zero-order valence-electron chi connectivity index (χ0n) is 14.1. The number of hydrogen-bond acceptors (Lipinski definition) is 5. The van der Waals surface area contributed by atoms with Crippen molar-refractivity contribution in [1.82, 2.24) is 15.3 Å². The van der Waals surface area contributed by atoms with Gasteiger partial charge < -0.3 is 10.1 Å². The van der Waals surface area contributed by atoms with Crippen LogP contribution in [0.3, 0.4) is 0 Å². The Kier molecular flexibility index (Phi) is 5.38. The number of nitrogens with one attached hydrogen (secondary N) is 1. The number of ether oxygens (including phenoxy) is 1. The number of esters is 1. The SMILES string of the molecule is CNC(=S)[C@]1(c2cccnc2)CCCC[C@H]1OC(=O)c1ccncc1. The number of aromatic nitrogens is 2. The lowest BCUT2D eigenvalue weighted by Crippen LogP contribution is -2.53. The largest absolute Gasteiger partial charge is 0.457 e. The number of pyridine rings is 2. The van der Waals surface area contributed by atoms with Crippen LogP contribution in [0.1, 0.15) is 41.6 Å². The van der Waals surface area contributed by atoms with E-state index in [1.165, 1.54) is 0 Å². The van der Waals surface area contributed by atoms with Crippen molar-refractivity contribution in [3.8, 4) is 0 Å². The number of hydrogen-bond donors (Lipinski definition) is 1. The van der Waals surface area contributed by atoms with Crippen LogP contribution in [-0.4, -0.2) is 34.1 Å². The summed E-state index contributed by atoms with van der Waals surface area (Å²) in [5.74, 6) is -0.346. The Balaban J connectivity index is 1.97. The first-order chi connectivity index (χ1) is 12.2. The van der Waals surface area contributed by atoms with Crippen molar-refractivity contribution in [1.29, 1.82) is 0 Å². The summed E-state index contributed by atoms with van der Waals surface area (Å²) in [5.41, 5.74) is 0.942. The first-order valence-corrected chi connectivity index (χ1v) is 8.83. The first kappa shape index (κ1) is 17.5. The summed E-state index contributed by atoms with van der Waals surface area (Å²) < 4.78 is 5.95. The number of rotatable bonds is 4. The molecule has 5 nitrogen and oxygen atoms in total. The number of likely N-dealkylation sites (N-methyl/N-ethyl adjacent to an activating group) is 1. The Morgan fingerprint density at radius 1 is 1.24 bits per heavy atom. The van der Waals surface area contributed by atoms with Crippen LogP contribution in [-0.2, 0) is 10.2 Å². The van der Waals surface area contributed by atoms with Crippen molar-refractivity contribution < 1.29 is 9.53 Å². The van der Waals surface area contributed by atoms with Crippen molar-refractivity contribution in [3.05, 3.63) is 60.2 Å². The molecule has 0 saturated heterocycles. The molecule has 2 heterocycles. The highest BCUT2D eigenvalue weighted by atomic mass is 32.1. The lowest BCUT2D eigenvalue weighted by Gasteiger charge is -2.43. The van der Waals surface area contributed by atoms with E-state index in [2.05, 4.69) is 15.3 Å². The van der Waals surface area contributed by atoms with Crippen LogP contribution in [0, 0.1) is 0 Å². The second-order valence-electron chi connectivity index (χ2n) is 6.17. The summed E-state index contributed by atoms with van der Waals surface area (Å²) in [7, 11) is 1.82. The van der Waals surface area contributed by atoms with Gasteiger partial charge in [-0.1, -0.05) is 24.7 Å². The van der Waals surface area contributed by atoms with E-state index >= 15 is 0 Å². The Bertz CT molecular complexity index is 739. The molecule has 0 radical (unpaired) electrons. The highest BCUT2D eigenvalue weighted by Gasteiger charge is 2.48. The molecule has 0 aliphatic heterocycles. The fraction of sp³-hybridized carbons (Fsp3) is 0.368. The molecule has 2 atom stereocenters. The van der Waals surface area contributed by atoms with Crippen molar-refractivity contribution in [3.63, 3.8) is 0 Å². The summed E-state index contributed by atoms with van der Waals surface area (Å²) >= 11 is 5.68. The number of carbonyl (C=O) groups excluding carboxylic acids is 1. The predicted octanol–water partition coefficient (Wildman–Crippen LogP) is 3.06. The van der Waals surface area contributed by atoms with Crippen LogP contribution in [0.25, 0.3) is 0 Å². The molecule has 0 aromatic carbocycles. The third-order valence-corrected chi connectivity index (χ3v) is 5.38. The maximum absolute atomic E-state index is 12.6. The van der Waals surface area contributed by atoms with Gasteiger partial charge in [0.05, 0.1) is 16.0 Å². The molecule has 0 amide bonds. The van der Waals surface area contributed by atoms with Crippen LogP contribution in [0.5, 0.6) is 0 Å². The lowest BCUT2D eigenvalue weighted by atomic mass is 9.67. The van der Waals surface area contributed by atoms with Gasteiger partial charge in [-0.2, -0.15) is 0 Å². The first-order valence-electron chi connectivity index (χ1n) is 8.42. The number of thiocarbonyl (C=S) groups is 1. The molecule has 1 N–H and O–H groups in total. The Morgan fingerprint density at radius 2 is 2.04 bits per heavy atom. The lowest BCUT2D eigenvalue weighted by molar-refractivity contribution is 0.00429. The zero-order chi connectivity index (χ0) is 17.7. The molecule has 2 aromatic rings. The third kappa shape index (κ3) is 3.39. The van der Waals surface area contributed by atoms with Crippen molar-refractivity contribution in [2.24, 2.45) is 0 Å². The van der Waals surface area contributed by atoms with Crippen LogP contribution in [0.15, 0.2) is 49.1 Å². The second-order valence-corrected chi connectivity index (χ2v) is 6.58. The molecule has 1 saturated carbocycles. The van der Waals surface area contributed by atoms with E-state index < -0.39 is 5.41 Å². The van der Waals surface area contributed by atoms with Gasteiger partial charge in [-0.25, -0.2) is 4.79 Å². The Labute approximate surface area is 152 Å². The maximum Gasteiger partial charge on any atom is 0.338 e. The van der Waals surface area contributed by atoms with Crippen molar-refractivity contribution in [2.75, 3.05) is 7.05 Å². The van der Waals surface area contributed by atoms with Gasteiger partial charge in [-0.05, 0) is 43.0 Å². The minimum Gasteiger partial charge on any atom is -0.457 e. The van der Waals surface area contributed by atoms with Gasteiger partial charge in [0.15, 0.2) is 0 Å². The molecule has 1 fully saturated rings. The fourth-order valence-corrected chi connectivity index (χ4v) is 3.91. The molecule has 130 valence electrons. The zero-order valence-corrected chi connectivity index (χ0v) is 15.0. The normalized spacial score (nSPS) is 22.8. The van der Waals surface area contributed by atoms with Crippen LogP contribution in [0.2, 0.25) is 0 Å². The van der Waals surface area contributed by atoms with E-state index in [9.17, 15) is 4.79 Å². The highest BCUT2D eigenvalue weighted by Crippen LogP contribution is 2.42. The second kappa shape index (κ2) is 7.70. The molecular formula is C19H21N3O2S. The van der Waals surface area contributed by atoms with E-state index in [0.29, 0.717) is 10.6 Å². The quantitative estimate of drug-likeness (QED) is 0.672. The van der Waals surface area contributed by atoms with Crippen molar-refractivity contribution >= 4 is 23.2 Å². The minimum absolute atomic E-state index is 0.328. The van der Waals surface area contributed by atoms with Gasteiger partial charge in [0.2, 0.25) is 0 Å². The Morgan fingerprint density at radius 3 is 2.72 bits per heavy atom. The van der Waals surface area contributed by atoms with E-state index in [1.54, 1.807) is 30.7 Å². The molecule has 1 aliphatic carbocycles. The van der Waals surface area contributed by atoms with Gasteiger partial charge in [0.25, 0.3) is 0 Å². The van der Waals surface area contributed by atoms with Crippen LogP contribution < -0.4 is 5.32 Å². The van der Waals surface area contributed by atoms with E-state index in [0.717, 1.165) is 31.2 Å². The van der Waals surface area contributed by atoms with Gasteiger partial charge in [-0.15, -0.1) is 0 Å². The molecular weight excluding hydrogens is 334 g/mol. The molecule has 25 heavy (non-hydrogen) atoms. The topological polar surface area (TPSA) is 64.1 Å². The van der Waals surface area contributed by atoms with Gasteiger partial charge in [0.1, 0.15) is 6.10 Å².